The molecule has 0 radical (unpaired) electrons. The molecule has 4 nitrogen and oxygen atoms in total. The summed E-state index contributed by atoms with van der Waals surface area (Å²) >= 11 is 7.62. The van der Waals surface area contributed by atoms with E-state index in [2.05, 4.69) is 16.0 Å². The number of anilines is 1. The fourth-order valence-electron chi connectivity index (χ4n) is 3.19. The second-order valence-corrected chi connectivity index (χ2v) is 7.63. The summed E-state index contributed by atoms with van der Waals surface area (Å²) in [6, 6.07) is 13.5. The first kappa shape index (κ1) is 16.5. The number of nitrogens with zero attached hydrogens (tertiary/aromatic N) is 3. The molecular formula is C19H18ClN3OS. The van der Waals surface area contributed by atoms with E-state index in [1.54, 1.807) is 17.5 Å². The molecule has 0 atom stereocenters. The standard InChI is InChI=1S/C19H18ClN3OS/c20-15-5-3-14(4-6-15)19(24)8-11-23(12-9-19)18-21-10-7-16(22-18)17-2-1-13-25-17/h1-7,10,13,24H,8-9,11-12H2. The highest BCUT2D eigenvalue weighted by Crippen LogP contribution is 2.34. The van der Waals surface area contributed by atoms with E-state index in [0.717, 1.165) is 22.1 Å². The Balaban J connectivity index is 1.50. The molecule has 25 heavy (non-hydrogen) atoms. The van der Waals surface area contributed by atoms with E-state index in [1.165, 1.54) is 0 Å². The lowest BCUT2D eigenvalue weighted by molar-refractivity contribution is 0.0115. The molecule has 1 aliphatic heterocycles. The third-order valence-corrected chi connectivity index (χ3v) is 5.82. The van der Waals surface area contributed by atoms with Crippen LogP contribution in [0.5, 0.6) is 0 Å². The molecular weight excluding hydrogens is 354 g/mol. The Bertz CT molecular complexity index is 843. The molecule has 0 saturated carbocycles. The van der Waals surface area contributed by atoms with Crippen LogP contribution < -0.4 is 4.90 Å². The molecule has 2 aromatic heterocycles. The molecule has 3 heterocycles. The van der Waals surface area contributed by atoms with Gasteiger partial charge in [-0.15, -0.1) is 11.3 Å². The van der Waals surface area contributed by atoms with Gasteiger partial charge in [-0.3, -0.25) is 0 Å². The molecule has 1 saturated heterocycles. The fourth-order valence-corrected chi connectivity index (χ4v) is 4.01. The molecule has 4 rings (SSSR count). The van der Waals surface area contributed by atoms with Gasteiger partial charge in [-0.1, -0.05) is 29.8 Å². The lowest BCUT2D eigenvalue weighted by Gasteiger charge is -2.38. The van der Waals surface area contributed by atoms with E-state index >= 15 is 0 Å². The van der Waals surface area contributed by atoms with Crippen molar-refractivity contribution >= 4 is 28.9 Å². The number of hydrogen-bond acceptors (Lipinski definition) is 5. The van der Waals surface area contributed by atoms with Crippen molar-refractivity contribution in [2.24, 2.45) is 0 Å². The van der Waals surface area contributed by atoms with Crippen molar-refractivity contribution in [1.82, 2.24) is 9.97 Å². The normalized spacial score (nSPS) is 16.8. The van der Waals surface area contributed by atoms with Gasteiger partial charge in [0, 0.05) is 24.3 Å². The number of thiophene rings is 1. The quantitative estimate of drug-likeness (QED) is 0.743. The summed E-state index contributed by atoms with van der Waals surface area (Å²) in [4.78, 5) is 12.4. The predicted molar refractivity (Wildman–Crippen MR) is 102 cm³/mol. The first-order valence-corrected chi connectivity index (χ1v) is 9.50. The van der Waals surface area contributed by atoms with Crippen molar-refractivity contribution in [2.75, 3.05) is 18.0 Å². The molecule has 1 aliphatic rings. The van der Waals surface area contributed by atoms with Crippen molar-refractivity contribution in [2.45, 2.75) is 18.4 Å². The van der Waals surface area contributed by atoms with Crippen LogP contribution in [-0.2, 0) is 5.60 Å². The van der Waals surface area contributed by atoms with E-state index in [0.29, 0.717) is 31.0 Å². The lowest BCUT2D eigenvalue weighted by Crippen LogP contribution is -2.43. The SMILES string of the molecule is OC1(c2ccc(Cl)cc2)CCN(c2nccc(-c3cccs3)n2)CC1. The Kier molecular flexibility index (Phi) is 4.46. The van der Waals surface area contributed by atoms with Crippen molar-refractivity contribution in [3.05, 3.63) is 64.6 Å². The second kappa shape index (κ2) is 6.75. The van der Waals surface area contributed by atoms with E-state index in [4.69, 9.17) is 16.6 Å². The van der Waals surface area contributed by atoms with Crippen molar-refractivity contribution in [3.8, 4) is 10.6 Å². The van der Waals surface area contributed by atoms with Crippen LogP contribution in [0.2, 0.25) is 5.02 Å². The zero-order valence-corrected chi connectivity index (χ0v) is 15.2. The molecule has 1 fully saturated rings. The van der Waals surface area contributed by atoms with Gasteiger partial charge in [0.1, 0.15) is 0 Å². The molecule has 1 N–H and O–H groups in total. The van der Waals surface area contributed by atoms with Gasteiger partial charge in [0.05, 0.1) is 16.2 Å². The molecule has 6 heteroatoms. The summed E-state index contributed by atoms with van der Waals surface area (Å²) in [7, 11) is 0. The Morgan fingerprint density at radius 1 is 1.08 bits per heavy atom. The van der Waals surface area contributed by atoms with Gasteiger partial charge in [-0.2, -0.15) is 0 Å². The molecule has 0 unspecified atom stereocenters. The Labute approximate surface area is 155 Å². The topological polar surface area (TPSA) is 49.2 Å². The molecule has 0 spiro atoms. The van der Waals surface area contributed by atoms with Gasteiger partial charge in [0.2, 0.25) is 5.95 Å². The largest absolute Gasteiger partial charge is 0.385 e. The van der Waals surface area contributed by atoms with Crippen LogP contribution in [0.15, 0.2) is 54.0 Å². The van der Waals surface area contributed by atoms with Crippen LogP contribution in [0.3, 0.4) is 0 Å². The van der Waals surface area contributed by atoms with E-state index < -0.39 is 5.60 Å². The second-order valence-electron chi connectivity index (χ2n) is 6.24. The summed E-state index contributed by atoms with van der Waals surface area (Å²) in [5.41, 5.74) is 1.05. The van der Waals surface area contributed by atoms with E-state index in [-0.39, 0.29) is 0 Å². The first-order valence-electron chi connectivity index (χ1n) is 8.24. The number of aliphatic hydroxyl groups is 1. The highest BCUT2D eigenvalue weighted by Gasteiger charge is 2.34. The predicted octanol–water partition coefficient (Wildman–Crippen LogP) is 4.35. The Morgan fingerprint density at radius 3 is 2.52 bits per heavy atom. The van der Waals surface area contributed by atoms with Gasteiger partial charge in [-0.25, -0.2) is 9.97 Å². The van der Waals surface area contributed by atoms with Crippen LogP contribution in [0.25, 0.3) is 10.6 Å². The molecule has 128 valence electrons. The maximum Gasteiger partial charge on any atom is 0.225 e. The minimum absolute atomic E-state index is 0.640. The average Bonchev–Trinajstić information content (AvgIpc) is 3.18. The molecule has 0 aliphatic carbocycles. The van der Waals surface area contributed by atoms with Crippen molar-refractivity contribution in [1.29, 1.82) is 0 Å². The number of rotatable bonds is 3. The number of benzene rings is 1. The number of piperidine rings is 1. The molecule has 1 aromatic carbocycles. The van der Waals surface area contributed by atoms with Gasteiger partial charge in [0.15, 0.2) is 0 Å². The van der Waals surface area contributed by atoms with E-state index in [1.807, 2.05) is 41.8 Å². The van der Waals surface area contributed by atoms with Crippen molar-refractivity contribution in [3.63, 3.8) is 0 Å². The number of hydrogen-bond donors (Lipinski definition) is 1. The molecule has 0 bridgehead atoms. The third-order valence-electron chi connectivity index (χ3n) is 4.67. The summed E-state index contributed by atoms with van der Waals surface area (Å²) in [6.07, 6.45) is 3.08. The maximum atomic E-state index is 11.0. The van der Waals surface area contributed by atoms with Crippen LogP contribution in [0.4, 0.5) is 5.95 Å². The lowest BCUT2D eigenvalue weighted by atomic mass is 9.84. The maximum absolute atomic E-state index is 11.0. The third kappa shape index (κ3) is 3.40. The van der Waals surface area contributed by atoms with Gasteiger partial charge in [-0.05, 0) is 48.1 Å². The minimum Gasteiger partial charge on any atom is -0.385 e. The van der Waals surface area contributed by atoms with Crippen LogP contribution in [-0.4, -0.2) is 28.2 Å². The fraction of sp³-hybridized carbons (Fsp3) is 0.263. The van der Waals surface area contributed by atoms with E-state index in [9.17, 15) is 5.11 Å². The van der Waals surface area contributed by atoms with Crippen LogP contribution in [0.1, 0.15) is 18.4 Å². The Hall–Kier alpha value is -1.95. The average molecular weight is 372 g/mol. The zero-order valence-electron chi connectivity index (χ0n) is 13.6. The van der Waals surface area contributed by atoms with Gasteiger partial charge in [0.25, 0.3) is 0 Å². The van der Waals surface area contributed by atoms with Crippen LogP contribution >= 0.6 is 22.9 Å². The zero-order chi connectivity index (χ0) is 17.3. The highest BCUT2D eigenvalue weighted by atomic mass is 35.5. The number of aromatic nitrogens is 2. The summed E-state index contributed by atoms with van der Waals surface area (Å²) in [5, 5.41) is 13.7. The smallest absolute Gasteiger partial charge is 0.225 e. The minimum atomic E-state index is -0.813. The summed E-state index contributed by atoms with van der Waals surface area (Å²) in [5.74, 6) is 0.726. The Morgan fingerprint density at radius 2 is 1.84 bits per heavy atom. The van der Waals surface area contributed by atoms with Crippen LogP contribution in [0, 0.1) is 0 Å². The van der Waals surface area contributed by atoms with Crippen molar-refractivity contribution < 1.29 is 5.11 Å². The molecule has 3 aromatic rings. The summed E-state index contributed by atoms with van der Waals surface area (Å²) < 4.78 is 0. The number of halogens is 1. The highest BCUT2D eigenvalue weighted by molar-refractivity contribution is 7.13. The molecule has 0 amide bonds. The van der Waals surface area contributed by atoms with Gasteiger partial charge < -0.3 is 10.0 Å². The summed E-state index contributed by atoms with van der Waals surface area (Å²) in [6.45, 7) is 1.43. The monoisotopic (exact) mass is 371 g/mol. The first-order chi connectivity index (χ1) is 12.1. The van der Waals surface area contributed by atoms with Gasteiger partial charge >= 0.3 is 0 Å².